The number of fused-ring (bicyclic) bond motifs is 1. The number of aromatic nitrogens is 1. The van der Waals surface area contributed by atoms with Crippen LogP contribution in [-0.4, -0.2) is 62.2 Å². The summed E-state index contributed by atoms with van der Waals surface area (Å²) in [6.07, 6.45) is 0. The number of amides is 1. The van der Waals surface area contributed by atoms with Crippen molar-refractivity contribution in [3.05, 3.63) is 60.2 Å². The fraction of sp³-hybridized carbons (Fsp3) is 0.360. The number of piperazine rings is 1. The molecular weight excluding hydrogens is 420 g/mol. The number of anilines is 2. The van der Waals surface area contributed by atoms with Crippen molar-refractivity contribution in [2.45, 2.75) is 6.92 Å². The summed E-state index contributed by atoms with van der Waals surface area (Å²) < 4.78 is 5.26. The smallest absolute Gasteiger partial charge is 0.252 e. The second-order valence-electron chi connectivity index (χ2n) is 7.67. The third kappa shape index (κ3) is 5.10. The molecule has 168 valence electrons. The van der Waals surface area contributed by atoms with Gasteiger partial charge in [0.2, 0.25) is 0 Å². The highest BCUT2D eigenvalue weighted by Crippen LogP contribution is 2.26. The van der Waals surface area contributed by atoms with Gasteiger partial charge in [0.25, 0.3) is 5.91 Å². The molecule has 0 bridgehead atoms. The van der Waals surface area contributed by atoms with E-state index in [0.29, 0.717) is 12.1 Å². The number of nitrogens with zero attached hydrogens (tertiary/aromatic N) is 3. The molecule has 6 nitrogen and oxygen atoms in total. The van der Waals surface area contributed by atoms with Crippen LogP contribution in [0.1, 0.15) is 17.3 Å². The van der Waals surface area contributed by atoms with E-state index in [1.165, 1.54) is 5.69 Å². The Morgan fingerprint density at radius 2 is 1.78 bits per heavy atom. The normalized spacial score (nSPS) is 13.9. The molecule has 1 aromatic heterocycles. The summed E-state index contributed by atoms with van der Waals surface area (Å²) in [6.45, 7) is 6.30. The molecule has 1 fully saturated rings. The van der Waals surface area contributed by atoms with E-state index >= 15 is 0 Å². The number of methoxy groups -OCH3 is 1. The first-order valence-electron chi connectivity index (χ1n) is 11.1. The first-order valence-corrected chi connectivity index (χ1v) is 12.2. The van der Waals surface area contributed by atoms with Crippen molar-refractivity contribution in [2.24, 2.45) is 0 Å². The van der Waals surface area contributed by atoms with E-state index in [1.54, 1.807) is 7.11 Å². The summed E-state index contributed by atoms with van der Waals surface area (Å²) in [5.74, 6) is 3.68. The molecule has 2 heterocycles. The fourth-order valence-electron chi connectivity index (χ4n) is 3.97. The first kappa shape index (κ1) is 22.3. The summed E-state index contributed by atoms with van der Waals surface area (Å²) in [4.78, 5) is 22.5. The van der Waals surface area contributed by atoms with Crippen molar-refractivity contribution < 1.29 is 9.53 Å². The number of hydrogen-bond acceptors (Lipinski definition) is 6. The third-order valence-corrected chi connectivity index (χ3v) is 6.63. The van der Waals surface area contributed by atoms with Crippen LogP contribution in [0.2, 0.25) is 0 Å². The molecule has 1 N–H and O–H groups in total. The predicted molar refractivity (Wildman–Crippen MR) is 134 cm³/mol. The predicted octanol–water partition coefficient (Wildman–Crippen LogP) is 4.05. The number of rotatable bonds is 8. The first-order chi connectivity index (χ1) is 15.7. The van der Waals surface area contributed by atoms with E-state index in [9.17, 15) is 4.79 Å². The van der Waals surface area contributed by atoms with Crippen LogP contribution in [0, 0.1) is 0 Å². The Morgan fingerprint density at radius 3 is 2.50 bits per heavy atom. The molecule has 1 saturated heterocycles. The molecule has 0 unspecified atom stereocenters. The van der Waals surface area contributed by atoms with Gasteiger partial charge in [-0.3, -0.25) is 4.79 Å². The molecule has 32 heavy (non-hydrogen) atoms. The molecule has 0 radical (unpaired) electrons. The van der Waals surface area contributed by atoms with E-state index in [1.807, 2.05) is 54.2 Å². The van der Waals surface area contributed by atoms with Crippen LogP contribution >= 0.6 is 11.8 Å². The molecule has 0 aliphatic carbocycles. The van der Waals surface area contributed by atoms with Gasteiger partial charge in [-0.25, -0.2) is 4.98 Å². The van der Waals surface area contributed by atoms with E-state index in [4.69, 9.17) is 9.72 Å². The van der Waals surface area contributed by atoms with Crippen LogP contribution in [0.5, 0.6) is 5.75 Å². The highest BCUT2D eigenvalue weighted by molar-refractivity contribution is 7.99. The molecule has 1 amide bonds. The van der Waals surface area contributed by atoms with Crippen molar-refractivity contribution in [3.63, 3.8) is 0 Å². The van der Waals surface area contributed by atoms with Gasteiger partial charge in [-0.2, -0.15) is 11.8 Å². The number of pyridine rings is 1. The number of para-hydroxylation sites is 1. The zero-order valence-electron chi connectivity index (χ0n) is 18.7. The zero-order chi connectivity index (χ0) is 22.3. The maximum atomic E-state index is 13.0. The number of ether oxygens (including phenoxy) is 1. The largest absolute Gasteiger partial charge is 0.497 e. The van der Waals surface area contributed by atoms with Gasteiger partial charge >= 0.3 is 0 Å². The zero-order valence-corrected chi connectivity index (χ0v) is 19.5. The Hall–Kier alpha value is -2.93. The van der Waals surface area contributed by atoms with Gasteiger partial charge in [0.05, 0.1) is 18.2 Å². The maximum Gasteiger partial charge on any atom is 0.252 e. The topological polar surface area (TPSA) is 57.7 Å². The highest BCUT2D eigenvalue weighted by atomic mass is 32.2. The number of benzene rings is 2. The standard InChI is InChI=1S/C25H30N4O2S/c1-3-32-17-12-26-25(30)22-18-24(27-23-7-5-4-6-21(22)23)29-15-13-28(14-16-29)19-8-10-20(31-2)11-9-19/h4-11,18H,3,12-17H2,1-2H3,(H,26,30). The molecule has 4 rings (SSSR count). The number of nitrogens with one attached hydrogen (secondary N) is 1. The van der Waals surface area contributed by atoms with Crippen LogP contribution in [0.25, 0.3) is 10.9 Å². The number of carbonyl (C=O) groups excluding carboxylic acids is 1. The van der Waals surface area contributed by atoms with Crippen molar-refractivity contribution >= 4 is 40.1 Å². The van der Waals surface area contributed by atoms with E-state index < -0.39 is 0 Å². The Balaban J connectivity index is 1.50. The second kappa shape index (κ2) is 10.6. The Morgan fingerprint density at radius 1 is 1.06 bits per heavy atom. The summed E-state index contributed by atoms with van der Waals surface area (Å²) in [5.41, 5.74) is 2.75. The van der Waals surface area contributed by atoms with E-state index in [2.05, 4.69) is 34.2 Å². The average molecular weight is 451 g/mol. The van der Waals surface area contributed by atoms with Crippen LogP contribution in [0.4, 0.5) is 11.5 Å². The molecule has 0 atom stereocenters. The summed E-state index contributed by atoms with van der Waals surface area (Å²) >= 11 is 1.83. The van der Waals surface area contributed by atoms with Gasteiger partial charge in [-0.15, -0.1) is 0 Å². The van der Waals surface area contributed by atoms with Crippen LogP contribution in [0.15, 0.2) is 54.6 Å². The molecule has 1 aliphatic rings. The van der Waals surface area contributed by atoms with Crippen LogP contribution in [0.3, 0.4) is 0 Å². The number of carbonyl (C=O) groups is 1. The summed E-state index contributed by atoms with van der Waals surface area (Å²) in [5, 5.41) is 3.97. The van der Waals surface area contributed by atoms with Gasteiger partial charge in [-0.05, 0) is 42.2 Å². The number of thioether (sulfide) groups is 1. The van der Waals surface area contributed by atoms with Crippen LogP contribution in [-0.2, 0) is 0 Å². The summed E-state index contributed by atoms with van der Waals surface area (Å²) in [7, 11) is 1.68. The second-order valence-corrected chi connectivity index (χ2v) is 9.06. The molecular formula is C25H30N4O2S. The fourth-order valence-corrected chi connectivity index (χ4v) is 4.51. The lowest BCUT2D eigenvalue weighted by atomic mass is 10.1. The SMILES string of the molecule is CCSCCNC(=O)c1cc(N2CCN(c3ccc(OC)cc3)CC2)nc2ccccc12. The van der Waals surface area contributed by atoms with Crippen molar-refractivity contribution in [1.82, 2.24) is 10.3 Å². The minimum absolute atomic E-state index is 0.0292. The third-order valence-electron chi connectivity index (χ3n) is 5.72. The quantitative estimate of drug-likeness (QED) is 0.523. The van der Waals surface area contributed by atoms with Gasteiger partial charge in [0, 0.05) is 49.6 Å². The Bertz CT molecular complexity index is 1050. The lowest BCUT2D eigenvalue weighted by molar-refractivity contribution is 0.0958. The van der Waals surface area contributed by atoms with E-state index in [0.717, 1.165) is 60.2 Å². The van der Waals surface area contributed by atoms with Gasteiger partial charge in [0.1, 0.15) is 11.6 Å². The maximum absolute atomic E-state index is 13.0. The molecule has 1 aliphatic heterocycles. The lowest BCUT2D eigenvalue weighted by Crippen LogP contribution is -2.47. The lowest BCUT2D eigenvalue weighted by Gasteiger charge is -2.37. The molecule has 0 saturated carbocycles. The van der Waals surface area contributed by atoms with Gasteiger partial charge in [0.15, 0.2) is 0 Å². The molecule has 3 aromatic rings. The van der Waals surface area contributed by atoms with Crippen LogP contribution < -0.4 is 19.9 Å². The van der Waals surface area contributed by atoms with E-state index in [-0.39, 0.29) is 5.91 Å². The Labute approximate surface area is 194 Å². The van der Waals surface area contributed by atoms with Crippen molar-refractivity contribution in [1.29, 1.82) is 0 Å². The molecule has 2 aromatic carbocycles. The minimum Gasteiger partial charge on any atom is -0.497 e. The molecule has 7 heteroatoms. The van der Waals surface area contributed by atoms with Crippen molar-refractivity contribution in [2.75, 3.05) is 61.1 Å². The molecule has 0 spiro atoms. The Kier molecular flexibility index (Phi) is 7.37. The summed E-state index contributed by atoms with van der Waals surface area (Å²) in [6, 6.07) is 18.0. The monoisotopic (exact) mass is 450 g/mol. The number of hydrogen-bond donors (Lipinski definition) is 1. The average Bonchev–Trinajstić information content (AvgIpc) is 2.86. The highest BCUT2D eigenvalue weighted by Gasteiger charge is 2.21. The minimum atomic E-state index is -0.0292. The van der Waals surface area contributed by atoms with Gasteiger partial charge in [-0.1, -0.05) is 25.1 Å². The van der Waals surface area contributed by atoms with Crippen molar-refractivity contribution in [3.8, 4) is 5.75 Å². The van der Waals surface area contributed by atoms with Gasteiger partial charge < -0.3 is 19.9 Å².